The Morgan fingerprint density at radius 3 is 0.817 bits per heavy atom. The number of amides is 2. The second-order valence-corrected chi connectivity index (χ2v) is 18.3. The zero-order valence-corrected chi connectivity index (χ0v) is 38.4. The summed E-state index contributed by atoms with van der Waals surface area (Å²) in [7, 11) is 0. The van der Waals surface area contributed by atoms with Crippen LogP contribution >= 0.6 is 0 Å². The summed E-state index contributed by atoms with van der Waals surface area (Å²) in [6, 6.07) is 8.07. The monoisotopic (exact) mass is 831 g/mol. The molecule has 3 aliphatic rings. The molecule has 0 aromatic heterocycles. The van der Waals surface area contributed by atoms with Crippen LogP contribution in [0.5, 0.6) is 23.0 Å². The number of benzene rings is 2. The van der Waals surface area contributed by atoms with Crippen LogP contribution in [0.2, 0.25) is 0 Å². The van der Waals surface area contributed by atoms with Crippen LogP contribution < -0.4 is 29.6 Å². The first-order chi connectivity index (χ1) is 29.4. The molecule has 336 valence electrons. The molecule has 2 aliphatic carbocycles. The molecule has 8 nitrogen and oxygen atoms in total. The number of ether oxygens (including phenoxy) is 4. The number of nitrogens with one attached hydrogen (secondary N) is 2. The van der Waals surface area contributed by atoms with Gasteiger partial charge < -0.3 is 29.6 Å². The fraction of sp³-hybridized carbons (Fsp3) is 0.731. The third-order valence-corrected chi connectivity index (χ3v) is 13.2. The number of piperazine rings is 1. The van der Waals surface area contributed by atoms with E-state index in [0.29, 0.717) is 52.1 Å². The van der Waals surface area contributed by atoms with Gasteiger partial charge in [-0.3, -0.25) is 9.59 Å². The first-order valence-corrected chi connectivity index (χ1v) is 24.9. The van der Waals surface area contributed by atoms with E-state index in [1.54, 1.807) is 0 Å². The molecule has 1 fully saturated rings. The van der Waals surface area contributed by atoms with Gasteiger partial charge in [0, 0.05) is 47.9 Å². The molecule has 1 aliphatic heterocycles. The van der Waals surface area contributed by atoms with Gasteiger partial charge in [-0.15, -0.1) is 0 Å². The summed E-state index contributed by atoms with van der Waals surface area (Å²) in [5.74, 6) is 2.93. The van der Waals surface area contributed by atoms with Crippen LogP contribution in [0.25, 0.3) is 0 Å². The van der Waals surface area contributed by atoms with Crippen molar-refractivity contribution in [1.82, 2.24) is 10.6 Å². The van der Waals surface area contributed by atoms with Crippen molar-refractivity contribution >= 4 is 11.8 Å². The highest BCUT2D eigenvalue weighted by molar-refractivity contribution is 6.04. The van der Waals surface area contributed by atoms with Gasteiger partial charge in [-0.05, 0) is 49.9 Å². The molecule has 5 rings (SSSR count). The zero-order chi connectivity index (χ0) is 42.5. The Morgan fingerprint density at radius 1 is 0.367 bits per heavy atom. The predicted molar refractivity (Wildman–Crippen MR) is 245 cm³/mol. The molecule has 0 unspecified atom stereocenters. The molecule has 0 saturated carbocycles. The molecule has 0 atom stereocenters. The first kappa shape index (κ1) is 47.6. The lowest BCUT2D eigenvalue weighted by Crippen LogP contribution is -2.75. The van der Waals surface area contributed by atoms with E-state index in [9.17, 15) is 9.59 Å². The zero-order valence-electron chi connectivity index (χ0n) is 38.4. The molecule has 0 radical (unpaired) electrons. The van der Waals surface area contributed by atoms with Crippen molar-refractivity contribution < 1.29 is 28.5 Å². The van der Waals surface area contributed by atoms with Gasteiger partial charge in [0.25, 0.3) is 0 Å². The van der Waals surface area contributed by atoms with Crippen LogP contribution in [0.1, 0.15) is 204 Å². The normalized spacial score (nSPS) is 15.9. The molecule has 0 bridgehead atoms. The summed E-state index contributed by atoms with van der Waals surface area (Å²) in [6.07, 6.45) is 30.1. The molecule has 2 N–H and O–H groups in total. The minimum atomic E-state index is -1.11. The highest BCUT2D eigenvalue weighted by Gasteiger charge is 2.59. The summed E-state index contributed by atoms with van der Waals surface area (Å²) >= 11 is 0. The van der Waals surface area contributed by atoms with Crippen molar-refractivity contribution in [3.05, 3.63) is 46.5 Å². The lowest BCUT2D eigenvalue weighted by Gasteiger charge is -2.43. The van der Waals surface area contributed by atoms with Gasteiger partial charge >= 0.3 is 0 Å². The maximum atomic E-state index is 14.7. The summed E-state index contributed by atoms with van der Waals surface area (Å²) in [4.78, 5) is 29.4. The molecule has 8 heteroatoms. The maximum Gasteiger partial charge on any atom is 0.247 e. The molecule has 2 amide bonds. The Hall–Kier alpha value is -3.42. The van der Waals surface area contributed by atoms with Crippen molar-refractivity contribution in [1.29, 1.82) is 0 Å². The molecular formula is C52H82N2O6. The minimum Gasteiger partial charge on any atom is -0.493 e. The van der Waals surface area contributed by atoms with E-state index in [2.05, 4.69) is 38.3 Å². The molecule has 2 aromatic rings. The van der Waals surface area contributed by atoms with Gasteiger partial charge in [-0.25, -0.2) is 0 Å². The molecule has 1 heterocycles. The van der Waals surface area contributed by atoms with Crippen LogP contribution in [0.3, 0.4) is 0 Å². The number of hydrogen-bond donors (Lipinski definition) is 2. The van der Waals surface area contributed by atoms with E-state index >= 15 is 0 Å². The largest absolute Gasteiger partial charge is 0.493 e. The maximum absolute atomic E-state index is 14.7. The average Bonchev–Trinajstić information content (AvgIpc) is 3.84. The summed E-state index contributed by atoms with van der Waals surface area (Å²) < 4.78 is 25.8. The van der Waals surface area contributed by atoms with E-state index < -0.39 is 11.1 Å². The van der Waals surface area contributed by atoms with Crippen molar-refractivity contribution in [3.8, 4) is 23.0 Å². The third-order valence-electron chi connectivity index (χ3n) is 13.2. The van der Waals surface area contributed by atoms with E-state index in [0.717, 1.165) is 96.6 Å². The summed E-state index contributed by atoms with van der Waals surface area (Å²) in [5, 5.41) is 6.70. The lowest BCUT2D eigenvalue weighted by molar-refractivity contribution is -0.145. The SMILES string of the molecule is CCCCCCCCOc1ccc(OCCCCCCCC)c2c1CC1(C2)NC(=O)C2(Cc3c(OCCCCCCCC)ccc(OCCCCCCCC)c3C2)NC1=O. The number of rotatable bonds is 32. The van der Waals surface area contributed by atoms with E-state index in [1.165, 1.54) is 103 Å². The van der Waals surface area contributed by atoms with Crippen molar-refractivity contribution in [2.45, 2.75) is 219 Å². The highest BCUT2D eigenvalue weighted by atomic mass is 16.5. The van der Waals surface area contributed by atoms with Crippen molar-refractivity contribution in [2.75, 3.05) is 26.4 Å². The van der Waals surface area contributed by atoms with E-state index in [4.69, 9.17) is 18.9 Å². The molecular weight excluding hydrogens is 749 g/mol. The van der Waals surface area contributed by atoms with Crippen LogP contribution in [-0.2, 0) is 35.3 Å². The van der Waals surface area contributed by atoms with Gasteiger partial charge in [0.2, 0.25) is 11.8 Å². The molecule has 2 aromatic carbocycles. The summed E-state index contributed by atoms with van der Waals surface area (Å²) in [5.41, 5.74) is 1.73. The Bertz CT molecular complexity index is 1390. The van der Waals surface area contributed by atoms with Crippen LogP contribution in [-0.4, -0.2) is 49.3 Å². The number of carbonyl (C=O) groups is 2. The quantitative estimate of drug-likeness (QED) is 0.0713. The van der Waals surface area contributed by atoms with Crippen LogP contribution in [0.15, 0.2) is 24.3 Å². The standard InChI is InChI=1S/C52H82N2O6/c1-5-9-13-17-21-25-33-57-45-29-30-46(58-34-26-22-18-14-10-6-2)42-38-51(37-41(42)45)49(55)54-52(50(56)53-51)39-43-44(40-52)48(60-36-28-24-20-16-12-8-4)32-31-47(43)59-35-27-23-19-15-11-7-3/h29-32H,5-28,33-40H2,1-4H3,(H,53,56)(H,54,55). The van der Waals surface area contributed by atoms with E-state index in [1.807, 2.05) is 24.3 Å². The Balaban J connectivity index is 1.29. The Morgan fingerprint density at radius 2 is 0.583 bits per heavy atom. The third kappa shape index (κ3) is 13.3. The van der Waals surface area contributed by atoms with Crippen LogP contribution in [0.4, 0.5) is 0 Å². The molecule has 1 saturated heterocycles. The topological polar surface area (TPSA) is 95.1 Å². The predicted octanol–water partition coefficient (Wildman–Crippen LogP) is 12.3. The number of hydrogen-bond acceptors (Lipinski definition) is 6. The number of unbranched alkanes of at least 4 members (excludes halogenated alkanes) is 20. The molecule has 2 spiro atoms. The minimum absolute atomic E-state index is 0.140. The van der Waals surface area contributed by atoms with Gasteiger partial charge in [-0.1, -0.05) is 156 Å². The fourth-order valence-electron chi connectivity index (χ4n) is 9.49. The fourth-order valence-corrected chi connectivity index (χ4v) is 9.49. The van der Waals surface area contributed by atoms with Gasteiger partial charge in [0.1, 0.15) is 34.1 Å². The summed E-state index contributed by atoms with van der Waals surface area (Å²) in [6.45, 7) is 11.5. The highest BCUT2D eigenvalue weighted by Crippen LogP contribution is 2.47. The number of carbonyl (C=O) groups excluding carboxylic acids is 2. The average molecular weight is 831 g/mol. The van der Waals surface area contributed by atoms with Crippen LogP contribution in [0, 0.1) is 0 Å². The lowest BCUT2D eigenvalue weighted by atomic mass is 9.83. The van der Waals surface area contributed by atoms with Crippen molar-refractivity contribution in [2.24, 2.45) is 0 Å². The molecule has 60 heavy (non-hydrogen) atoms. The van der Waals surface area contributed by atoms with E-state index in [-0.39, 0.29) is 11.8 Å². The van der Waals surface area contributed by atoms with Gasteiger partial charge in [0.15, 0.2) is 0 Å². The van der Waals surface area contributed by atoms with Gasteiger partial charge in [0.05, 0.1) is 26.4 Å². The Labute approximate surface area is 364 Å². The first-order valence-electron chi connectivity index (χ1n) is 24.9. The second kappa shape index (κ2) is 25.5. The number of fused-ring (bicyclic) bond motifs is 2. The van der Waals surface area contributed by atoms with Gasteiger partial charge in [-0.2, -0.15) is 0 Å². The van der Waals surface area contributed by atoms with Crippen molar-refractivity contribution in [3.63, 3.8) is 0 Å². The smallest absolute Gasteiger partial charge is 0.247 e. The Kier molecular flexibility index (Phi) is 20.2. The second-order valence-electron chi connectivity index (χ2n) is 18.3.